The second-order valence-corrected chi connectivity index (χ2v) is 6.09. The number of nitrogens with one attached hydrogen (secondary N) is 2. The minimum absolute atomic E-state index is 0.00539. The number of carbonyl (C=O) groups excluding carboxylic acids is 2. The third kappa shape index (κ3) is 3.57. The molecule has 148 valence electrons. The van der Waals surface area contributed by atoms with Crippen molar-refractivity contribution in [2.45, 2.75) is 12.6 Å². The highest BCUT2D eigenvalue weighted by Gasteiger charge is 2.31. The first-order valence-corrected chi connectivity index (χ1v) is 8.13. The van der Waals surface area contributed by atoms with E-state index >= 15 is 0 Å². The average molecular weight is 394 g/mol. The van der Waals surface area contributed by atoms with Crippen molar-refractivity contribution in [2.24, 2.45) is 5.90 Å². The number of halogens is 2. The number of aromatic hydroxyl groups is 1. The summed E-state index contributed by atoms with van der Waals surface area (Å²) in [5.74, 6) is 0.937. The number of amides is 2. The summed E-state index contributed by atoms with van der Waals surface area (Å²) in [5, 5.41) is 14.9. The molecule has 0 bridgehead atoms. The maximum absolute atomic E-state index is 13.7. The number of hydrogen-bond acceptors (Lipinski definition) is 6. The highest BCUT2D eigenvalue weighted by molar-refractivity contribution is 5.99. The third-order valence-electron chi connectivity index (χ3n) is 4.30. The van der Waals surface area contributed by atoms with Crippen LogP contribution in [0.5, 0.6) is 5.75 Å². The Hall–Kier alpha value is -3.31. The van der Waals surface area contributed by atoms with Crippen LogP contribution in [-0.4, -0.2) is 34.6 Å². The molecule has 5 N–H and O–H groups in total. The van der Waals surface area contributed by atoms with Gasteiger partial charge in [-0.25, -0.2) is 14.7 Å². The molecule has 0 spiro atoms. The Morgan fingerprint density at radius 2 is 2.14 bits per heavy atom. The van der Waals surface area contributed by atoms with Crippen LogP contribution >= 0.6 is 0 Å². The van der Waals surface area contributed by atoms with Gasteiger partial charge in [-0.15, -0.1) is 0 Å². The lowest BCUT2D eigenvalue weighted by molar-refractivity contribution is 0.0785. The molecule has 28 heavy (non-hydrogen) atoms. The Morgan fingerprint density at radius 3 is 2.82 bits per heavy atom. The van der Waals surface area contributed by atoms with E-state index in [9.17, 15) is 28.3 Å². The third-order valence-corrected chi connectivity index (χ3v) is 4.30. The number of nitrogens with zero attached hydrogens (tertiary/aromatic N) is 1. The molecule has 0 saturated carbocycles. The van der Waals surface area contributed by atoms with E-state index in [0.717, 1.165) is 18.3 Å². The number of hydrogen-bond donors (Lipinski definition) is 4. The molecule has 0 aliphatic carbocycles. The van der Waals surface area contributed by atoms with E-state index in [0.29, 0.717) is 6.07 Å². The first kappa shape index (κ1) is 19.5. The maximum atomic E-state index is 13.7. The van der Waals surface area contributed by atoms with E-state index < -0.39 is 46.2 Å². The molecule has 0 unspecified atom stereocenters. The number of nitrogens with two attached hydrogens (primary N) is 1. The summed E-state index contributed by atoms with van der Waals surface area (Å²) in [7, 11) is 0. The van der Waals surface area contributed by atoms with Crippen molar-refractivity contribution >= 4 is 11.8 Å². The fraction of sp³-hybridized carbons (Fsp3) is 0.235. The number of carbonyl (C=O) groups is 2. The molecule has 1 aromatic carbocycles. The van der Waals surface area contributed by atoms with Gasteiger partial charge < -0.3 is 25.1 Å². The van der Waals surface area contributed by atoms with Gasteiger partial charge in [0.2, 0.25) is 5.43 Å². The zero-order valence-corrected chi connectivity index (χ0v) is 14.4. The lowest BCUT2D eigenvalue weighted by atomic mass is 10.1. The van der Waals surface area contributed by atoms with Gasteiger partial charge in [-0.2, -0.15) is 0 Å². The highest BCUT2D eigenvalue weighted by Crippen LogP contribution is 2.22. The SMILES string of the molecule is NOC[C@H]1CNC(=O)c2c(O)c(=O)c(C(=O)NCc3ccc(F)cc3F)cn21. The van der Waals surface area contributed by atoms with Crippen molar-refractivity contribution in [3.05, 3.63) is 63.1 Å². The molecule has 11 heteroatoms. The number of pyridine rings is 1. The lowest BCUT2D eigenvalue weighted by Crippen LogP contribution is -2.43. The summed E-state index contributed by atoms with van der Waals surface area (Å²) in [6, 6.07) is 2.28. The van der Waals surface area contributed by atoms with Gasteiger partial charge in [0.25, 0.3) is 11.8 Å². The van der Waals surface area contributed by atoms with Gasteiger partial charge in [-0.05, 0) is 6.07 Å². The average Bonchev–Trinajstić information content (AvgIpc) is 2.65. The Bertz CT molecular complexity index is 1010. The van der Waals surface area contributed by atoms with E-state index in [1.165, 1.54) is 4.57 Å². The van der Waals surface area contributed by atoms with Crippen molar-refractivity contribution < 1.29 is 28.3 Å². The van der Waals surface area contributed by atoms with E-state index in [4.69, 9.17) is 5.90 Å². The van der Waals surface area contributed by atoms with Crippen molar-refractivity contribution in [3.8, 4) is 5.75 Å². The van der Waals surface area contributed by atoms with Crippen LogP contribution in [0, 0.1) is 11.6 Å². The molecule has 0 fully saturated rings. The molecule has 9 nitrogen and oxygen atoms in total. The summed E-state index contributed by atoms with van der Waals surface area (Å²) in [6.07, 6.45) is 1.11. The largest absolute Gasteiger partial charge is 0.503 e. The number of rotatable bonds is 5. The van der Waals surface area contributed by atoms with Crippen LogP contribution in [0.1, 0.15) is 32.5 Å². The van der Waals surface area contributed by atoms with E-state index in [1.807, 2.05) is 0 Å². The summed E-state index contributed by atoms with van der Waals surface area (Å²) in [5.41, 5.74) is -1.83. The molecule has 2 heterocycles. The fourth-order valence-corrected chi connectivity index (χ4v) is 2.87. The molecule has 0 saturated heterocycles. The van der Waals surface area contributed by atoms with E-state index in [2.05, 4.69) is 15.5 Å². The monoisotopic (exact) mass is 394 g/mol. The van der Waals surface area contributed by atoms with E-state index in [1.54, 1.807) is 0 Å². The smallest absolute Gasteiger partial charge is 0.272 e. The number of benzene rings is 1. The molecule has 1 aromatic heterocycles. The highest BCUT2D eigenvalue weighted by atomic mass is 19.1. The first-order chi connectivity index (χ1) is 13.3. The molecule has 3 rings (SSSR count). The molecule has 1 aliphatic rings. The van der Waals surface area contributed by atoms with Crippen LogP contribution in [0.4, 0.5) is 8.78 Å². The van der Waals surface area contributed by atoms with Gasteiger partial charge in [-0.1, -0.05) is 6.07 Å². The minimum Gasteiger partial charge on any atom is -0.503 e. The fourth-order valence-electron chi connectivity index (χ4n) is 2.87. The Kier molecular flexibility index (Phi) is 5.38. The van der Waals surface area contributed by atoms with Gasteiger partial charge in [0.05, 0.1) is 12.6 Å². The molecular weight excluding hydrogens is 378 g/mol. The second-order valence-electron chi connectivity index (χ2n) is 6.09. The van der Waals surface area contributed by atoms with Crippen LogP contribution in [0.15, 0.2) is 29.2 Å². The van der Waals surface area contributed by atoms with Crippen molar-refractivity contribution in [1.29, 1.82) is 0 Å². The zero-order valence-electron chi connectivity index (χ0n) is 14.4. The van der Waals surface area contributed by atoms with Gasteiger partial charge in [0.1, 0.15) is 17.2 Å². The molecule has 2 amide bonds. The summed E-state index contributed by atoms with van der Waals surface area (Å²) >= 11 is 0. The summed E-state index contributed by atoms with van der Waals surface area (Å²) in [6.45, 7) is -0.270. The second kappa shape index (κ2) is 7.74. The van der Waals surface area contributed by atoms with Crippen LogP contribution in [0.25, 0.3) is 0 Å². The Balaban J connectivity index is 1.92. The quantitative estimate of drug-likeness (QED) is 0.525. The number of fused-ring (bicyclic) bond motifs is 1. The van der Waals surface area contributed by atoms with Gasteiger partial charge in [-0.3, -0.25) is 14.4 Å². The van der Waals surface area contributed by atoms with Crippen LogP contribution in [-0.2, 0) is 11.4 Å². The first-order valence-electron chi connectivity index (χ1n) is 8.13. The number of aromatic nitrogens is 1. The molecule has 0 radical (unpaired) electrons. The van der Waals surface area contributed by atoms with Crippen LogP contribution < -0.4 is 22.0 Å². The van der Waals surface area contributed by atoms with Gasteiger partial charge in [0.15, 0.2) is 11.4 Å². The molecule has 1 aliphatic heterocycles. The summed E-state index contributed by atoms with van der Waals surface area (Å²) in [4.78, 5) is 41.3. The van der Waals surface area contributed by atoms with Gasteiger partial charge >= 0.3 is 0 Å². The molecule has 1 atom stereocenters. The topological polar surface area (TPSA) is 136 Å². The predicted octanol–water partition coefficient (Wildman–Crippen LogP) is -0.0631. The molecule has 2 aromatic rings. The lowest BCUT2D eigenvalue weighted by Gasteiger charge is -2.28. The normalized spacial score (nSPS) is 15.7. The van der Waals surface area contributed by atoms with Crippen molar-refractivity contribution in [2.75, 3.05) is 13.2 Å². The summed E-state index contributed by atoms with van der Waals surface area (Å²) < 4.78 is 27.9. The maximum Gasteiger partial charge on any atom is 0.272 e. The van der Waals surface area contributed by atoms with E-state index in [-0.39, 0.29) is 31.0 Å². The van der Waals surface area contributed by atoms with Crippen molar-refractivity contribution in [1.82, 2.24) is 15.2 Å². The Morgan fingerprint density at radius 1 is 1.39 bits per heavy atom. The van der Waals surface area contributed by atoms with Crippen molar-refractivity contribution in [3.63, 3.8) is 0 Å². The minimum atomic E-state index is -1.06. The van der Waals surface area contributed by atoms with Crippen LogP contribution in [0.3, 0.4) is 0 Å². The standard InChI is InChI=1S/C17H16F2N4O5/c18-9-2-1-8(12(19)3-9)4-21-16(26)11-6-23-10(7-28-20)5-22-17(27)13(23)15(25)14(11)24/h1-3,6,10,25H,4-5,7,20H2,(H,21,26)(H,22,27)/t10-/m1/s1. The van der Waals surface area contributed by atoms with Gasteiger partial charge in [0, 0.05) is 30.9 Å². The molecular formula is C17H16F2N4O5. The Labute approximate surface area is 156 Å². The van der Waals surface area contributed by atoms with Crippen LogP contribution in [0.2, 0.25) is 0 Å². The predicted molar refractivity (Wildman–Crippen MR) is 91.4 cm³/mol. The zero-order chi connectivity index (χ0) is 20.4.